The first-order chi connectivity index (χ1) is 16.3. The molecule has 11 heteroatoms. The summed E-state index contributed by atoms with van der Waals surface area (Å²) in [6, 6.07) is 7.40. The van der Waals surface area contributed by atoms with Gasteiger partial charge in [-0.15, -0.1) is 11.3 Å². The number of hydrogen-bond acceptors (Lipinski definition) is 6. The van der Waals surface area contributed by atoms with E-state index in [1.54, 1.807) is 28.8 Å². The van der Waals surface area contributed by atoms with Crippen LogP contribution in [0.4, 0.5) is 8.78 Å². The molecule has 2 aromatic heterocycles. The summed E-state index contributed by atoms with van der Waals surface area (Å²) in [6.07, 6.45) is 1.30. The zero-order valence-electron chi connectivity index (χ0n) is 18.3. The molecule has 0 radical (unpaired) electrons. The largest absolute Gasteiger partial charge is 0.485 e. The normalized spacial score (nSPS) is 16.0. The number of thiophene rings is 1. The van der Waals surface area contributed by atoms with Gasteiger partial charge in [-0.1, -0.05) is 18.5 Å². The van der Waals surface area contributed by atoms with Gasteiger partial charge in [-0.05, 0) is 30.3 Å². The van der Waals surface area contributed by atoms with Crippen LogP contribution in [0, 0.1) is 11.6 Å². The Labute approximate surface area is 203 Å². The number of benzene rings is 1. The average molecular weight is 510 g/mol. The molecule has 1 aliphatic rings. The van der Waals surface area contributed by atoms with Gasteiger partial charge in [-0.3, -0.25) is 14.3 Å². The molecule has 180 valence electrons. The van der Waals surface area contributed by atoms with Crippen LogP contribution in [-0.4, -0.2) is 58.8 Å². The molecule has 1 amide bonds. The Morgan fingerprint density at radius 1 is 1.26 bits per heavy atom. The number of aromatic nitrogens is 2. The maximum Gasteiger partial charge on any atom is 0.244 e. The second-order valence-electron chi connectivity index (χ2n) is 7.69. The summed E-state index contributed by atoms with van der Waals surface area (Å²) >= 11 is 7.37. The minimum Gasteiger partial charge on any atom is -0.485 e. The minimum atomic E-state index is -0.956. The summed E-state index contributed by atoms with van der Waals surface area (Å²) in [5.74, 6) is -3.01. The molecule has 0 N–H and O–H groups in total. The SMILES string of the molecule is CCC(=O)c1cc(F)c(OCC2CN(C(=O)Cn3ccc(-c4ccc(Cl)s4)n3)CCO2)c(F)c1. The number of nitrogens with zero attached hydrogens (tertiary/aromatic N) is 3. The molecule has 1 aliphatic heterocycles. The maximum absolute atomic E-state index is 14.3. The topological polar surface area (TPSA) is 73.7 Å². The summed E-state index contributed by atoms with van der Waals surface area (Å²) in [4.78, 5) is 27.0. The van der Waals surface area contributed by atoms with Gasteiger partial charge in [0.15, 0.2) is 23.2 Å². The van der Waals surface area contributed by atoms with E-state index in [1.165, 1.54) is 11.3 Å². The maximum atomic E-state index is 14.3. The average Bonchev–Trinajstić information content (AvgIpc) is 3.46. The highest BCUT2D eigenvalue weighted by Crippen LogP contribution is 2.29. The number of amides is 1. The van der Waals surface area contributed by atoms with E-state index in [1.807, 2.05) is 12.1 Å². The number of carbonyl (C=O) groups is 2. The fraction of sp³-hybridized carbons (Fsp3) is 0.348. The molecular formula is C23H22ClF2N3O4S. The first-order valence-electron chi connectivity index (χ1n) is 10.7. The third-order valence-electron chi connectivity index (χ3n) is 5.31. The van der Waals surface area contributed by atoms with E-state index in [0.29, 0.717) is 10.9 Å². The van der Waals surface area contributed by atoms with Crippen molar-refractivity contribution >= 4 is 34.6 Å². The predicted octanol–water partition coefficient (Wildman–Crippen LogP) is 4.44. The first-order valence-corrected chi connectivity index (χ1v) is 11.9. The standard InChI is InChI=1S/C23H22ClF2N3O4S/c1-2-19(30)14-9-16(25)23(17(26)10-14)33-13-15-11-28(7-8-32-15)22(31)12-29-6-5-18(27-29)20-3-4-21(24)34-20/h3-6,9-10,15H,2,7-8,11-13H2,1H3. The number of halogens is 3. The van der Waals surface area contributed by atoms with E-state index in [0.717, 1.165) is 22.7 Å². The highest BCUT2D eigenvalue weighted by Gasteiger charge is 2.26. The van der Waals surface area contributed by atoms with Crippen LogP contribution in [0.2, 0.25) is 4.34 Å². The number of carbonyl (C=O) groups excluding carboxylic acids is 2. The highest BCUT2D eigenvalue weighted by atomic mass is 35.5. The van der Waals surface area contributed by atoms with E-state index in [4.69, 9.17) is 21.1 Å². The molecule has 1 unspecified atom stereocenters. The van der Waals surface area contributed by atoms with Gasteiger partial charge in [-0.2, -0.15) is 5.10 Å². The van der Waals surface area contributed by atoms with Gasteiger partial charge in [0.1, 0.15) is 24.9 Å². The molecule has 3 heterocycles. The monoisotopic (exact) mass is 509 g/mol. The van der Waals surface area contributed by atoms with E-state index in [9.17, 15) is 18.4 Å². The molecule has 1 atom stereocenters. The molecule has 0 saturated carbocycles. The molecule has 1 aromatic carbocycles. The van der Waals surface area contributed by atoms with Gasteiger partial charge in [-0.25, -0.2) is 8.78 Å². The Morgan fingerprint density at radius 3 is 2.71 bits per heavy atom. The van der Waals surface area contributed by atoms with Crippen molar-refractivity contribution in [2.24, 2.45) is 0 Å². The van der Waals surface area contributed by atoms with Crippen molar-refractivity contribution in [1.82, 2.24) is 14.7 Å². The van der Waals surface area contributed by atoms with Gasteiger partial charge in [0, 0.05) is 24.7 Å². The quantitative estimate of drug-likeness (QED) is 0.420. The van der Waals surface area contributed by atoms with Crippen molar-refractivity contribution in [1.29, 1.82) is 0 Å². The summed E-state index contributed by atoms with van der Waals surface area (Å²) in [5.41, 5.74) is 0.688. The lowest BCUT2D eigenvalue weighted by Gasteiger charge is -2.32. The third kappa shape index (κ3) is 5.63. The lowest BCUT2D eigenvalue weighted by molar-refractivity contribution is -0.140. The number of rotatable bonds is 8. The first kappa shape index (κ1) is 24.3. The van der Waals surface area contributed by atoms with Gasteiger partial charge in [0.05, 0.1) is 22.4 Å². The van der Waals surface area contributed by atoms with Crippen molar-refractivity contribution in [2.75, 3.05) is 26.3 Å². The lowest BCUT2D eigenvalue weighted by Crippen LogP contribution is -2.48. The molecular weight excluding hydrogens is 488 g/mol. The molecule has 0 aliphatic carbocycles. The fourth-order valence-corrected chi connectivity index (χ4v) is 4.57. The molecule has 34 heavy (non-hydrogen) atoms. The number of ketones is 1. The third-order valence-corrected chi connectivity index (χ3v) is 6.56. The second-order valence-corrected chi connectivity index (χ2v) is 9.41. The number of morpholine rings is 1. The highest BCUT2D eigenvalue weighted by molar-refractivity contribution is 7.19. The molecule has 0 spiro atoms. The van der Waals surface area contributed by atoms with E-state index < -0.39 is 23.5 Å². The van der Waals surface area contributed by atoms with Crippen molar-refractivity contribution in [3.63, 3.8) is 0 Å². The van der Waals surface area contributed by atoms with Crippen LogP contribution in [-0.2, 0) is 16.1 Å². The van der Waals surface area contributed by atoms with Crippen LogP contribution < -0.4 is 4.74 Å². The molecule has 3 aromatic rings. The number of Topliss-reactive ketones (excluding diaryl/α,β-unsaturated/α-hetero) is 1. The van der Waals surface area contributed by atoms with Gasteiger partial charge < -0.3 is 14.4 Å². The van der Waals surface area contributed by atoms with Crippen LogP contribution >= 0.6 is 22.9 Å². The summed E-state index contributed by atoms with van der Waals surface area (Å²) in [7, 11) is 0. The van der Waals surface area contributed by atoms with E-state index in [2.05, 4.69) is 5.10 Å². The van der Waals surface area contributed by atoms with Gasteiger partial charge in [0.2, 0.25) is 5.91 Å². The number of hydrogen-bond donors (Lipinski definition) is 0. The van der Waals surface area contributed by atoms with Crippen LogP contribution in [0.1, 0.15) is 23.7 Å². The number of ether oxygens (including phenoxy) is 2. The Bertz CT molecular complexity index is 1180. The van der Waals surface area contributed by atoms with Crippen molar-refractivity contribution in [3.8, 4) is 16.3 Å². The van der Waals surface area contributed by atoms with Crippen molar-refractivity contribution in [2.45, 2.75) is 26.0 Å². The van der Waals surface area contributed by atoms with Crippen LogP contribution in [0.15, 0.2) is 36.5 Å². The van der Waals surface area contributed by atoms with Crippen LogP contribution in [0.3, 0.4) is 0 Å². The summed E-state index contributed by atoms with van der Waals surface area (Å²) in [5, 5.41) is 4.43. The molecule has 7 nitrogen and oxygen atoms in total. The van der Waals surface area contributed by atoms with E-state index in [-0.39, 0.29) is 50.0 Å². The van der Waals surface area contributed by atoms with E-state index >= 15 is 0 Å². The zero-order valence-corrected chi connectivity index (χ0v) is 19.9. The Hall–Kier alpha value is -2.82. The molecule has 1 saturated heterocycles. The van der Waals surface area contributed by atoms with Crippen molar-refractivity contribution in [3.05, 3.63) is 58.1 Å². The summed E-state index contributed by atoms with van der Waals surface area (Å²) in [6.45, 7) is 2.38. The second kappa shape index (κ2) is 10.6. The Morgan fingerprint density at radius 2 is 2.03 bits per heavy atom. The molecule has 4 rings (SSSR count). The summed E-state index contributed by atoms with van der Waals surface area (Å²) < 4.78 is 41.7. The van der Waals surface area contributed by atoms with Crippen LogP contribution in [0.25, 0.3) is 10.6 Å². The van der Waals surface area contributed by atoms with Crippen LogP contribution in [0.5, 0.6) is 5.75 Å². The molecule has 1 fully saturated rings. The Balaban J connectivity index is 1.33. The predicted molar refractivity (Wildman–Crippen MR) is 123 cm³/mol. The fourth-order valence-electron chi connectivity index (χ4n) is 3.56. The van der Waals surface area contributed by atoms with Gasteiger partial charge >= 0.3 is 0 Å². The lowest BCUT2D eigenvalue weighted by atomic mass is 10.1. The minimum absolute atomic E-state index is 0.0421. The van der Waals surface area contributed by atoms with Crippen molar-refractivity contribution < 1.29 is 27.8 Å². The van der Waals surface area contributed by atoms with Gasteiger partial charge in [0.25, 0.3) is 0 Å². The zero-order chi connectivity index (χ0) is 24.2. The smallest absolute Gasteiger partial charge is 0.244 e. The molecule has 0 bridgehead atoms. The Kier molecular flexibility index (Phi) is 7.60.